The molecule has 0 bridgehead atoms. The fraction of sp³-hybridized carbons (Fsp3) is 0.438. The van der Waals surface area contributed by atoms with Crippen LogP contribution in [0.25, 0.3) is 0 Å². The number of carbonyl (C=O) groups excluding carboxylic acids is 1. The van der Waals surface area contributed by atoms with Crippen LogP contribution in [0.1, 0.15) is 17.8 Å². The highest BCUT2D eigenvalue weighted by atomic mass is 35.5. The van der Waals surface area contributed by atoms with Crippen LogP contribution in [0.2, 0.25) is 5.02 Å². The molecule has 0 unspecified atom stereocenters. The number of hydrogen-bond donors (Lipinski definition) is 1. The van der Waals surface area contributed by atoms with Crippen molar-refractivity contribution in [2.24, 2.45) is 12.8 Å². The molecule has 1 amide bonds. The highest BCUT2D eigenvalue weighted by Crippen LogP contribution is 2.23. The maximum Gasteiger partial charge on any atom is 0.217 e. The molecule has 7 nitrogen and oxygen atoms in total. The maximum atomic E-state index is 11.0. The molecule has 0 fully saturated rings. The average molecular weight is 384 g/mol. The number of primary amides is 1. The van der Waals surface area contributed by atoms with Gasteiger partial charge in [0.1, 0.15) is 11.6 Å². The zero-order valence-electron chi connectivity index (χ0n) is 14.5. The van der Waals surface area contributed by atoms with Gasteiger partial charge < -0.3 is 15.0 Å². The lowest BCUT2D eigenvalue weighted by atomic mass is 10.2. The Hall–Kier alpha value is -1.90. The Bertz CT molecular complexity index is 817. The van der Waals surface area contributed by atoms with Gasteiger partial charge in [-0.1, -0.05) is 11.6 Å². The Morgan fingerprint density at radius 1 is 1.48 bits per heavy atom. The number of halogens is 1. The van der Waals surface area contributed by atoms with Crippen molar-refractivity contribution in [3.05, 3.63) is 39.4 Å². The van der Waals surface area contributed by atoms with Crippen LogP contribution in [0.15, 0.2) is 18.2 Å². The number of nitrogens with two attached hydrogens (primary N) is 1. The van der Waals surface area contributed by atoms with Crippen molar-refractivity contribution in [2.75, 3.05) is 14.2 Å². The van der Waals surface area contributed by atoms with Crippen molar-refractivity contribution >= 4 is 29.7 Å². The van der Waals surface area contributed by atoms with E-state index in [0.29, 0.717) is 29.4 Å². The zero-order valence-corrected chi connectivity index (χ0v) is 16.1. The van der Waals surface area contributed by atoms with E-state index in [1.807, 2.05) is 26.2 Å². The summed E-state index contributed by atoms with van der Waals surface area (Å²) >= 11 is 11.5. The van der Waals surface area contributed by atoms with Gasteiger partial charge in [0.15, 0.2) is 4.77 Å². The summed E-state index contributed by atoms with van der Waals surface area (Å²) in [6.45, 7) is 1.12. The van der Waals surface area contributed by atoms with Crippen LogP contribution in [-0.2, 0) is 31.5 Å². The molecular weight excluding hydrogens is 362 g/mol. The fourth-order valence-electron chi connectivity index (χ4n) is 2.52. The average Bonchev–Trinajstić information content (AvgIpc) is 2.81. The Balaban J connectivity index is 2.12. The number of nitrogens with zero attached hydrogens (tertiary/aromatic N) is 4. The fourth-order valence-corrected chi connectivity index (χ4v) is 2.92. The van der Waals surface area contributed by atoms with Crippen molar-refractivity contribution in [3.8, 4) is 5.75 Å². The molecule has 9 heteroatoms. The molecule has 0 saturated carbocycles. The summed E-state index contributed by atoms with van der Waals surface area (Å²) in [7, 11) is 5.43. The van der Waals surface area contributed by atoms with Gasteiger partial charge in [0.25, 0.3) is 0 Å². The first-order chi connectivity index (χ1) is 11.8. The molecule has 25 heavy (non-hydrogen) atoms. The number of ether oxygens (including phenoxy) is 1. The predicted octanol–water partition coefficient (Wildman–Crippen LogP) is 2.12. The smallest absolute Gasteiger partial charge is 0.217 e. The zero-order chi connectivity index (χ0) is 18.6. The largest absolute Gasteiger partial charge is 0.496 e. The van der Waals surface area contributed by atoms with Gasteiger partial charge in [0.2, 0.25) is 5.91 Å². The number of aryl methyl sites for hydroxylation is 1. The van der Waals surface area contributed by atoms with Gasteiger partial charge in [0, 0.05) is 37.0 Å². The maximum absolute atomic E-state index is 11.0. The Morgan fingerprint density at radius 2 is 2.20 bits per heavy atom. The summed E-state index contributed by atoms with van der Waals surface area (Å²) < 4.78 is 9.49. The van der Waals surface area contributed by atoms with Crippen LogP contribution in [-0.4, -0.2) is 39.3 Å². The van der Waals surface area contributed by atoms with E-state index in [1.54, 1.807) is 22.4 Å². The predicted molar refractivity (Wildman–Crippen MR) is 99.0 cm³/mol. The SMILES string of the molecule is COc1ccc(Cl)cc1CN(C)Cn1nc(CCC(N)=O)n(C)c1=S. The summed E-state index contributed by atoms with van der Waals surface area (Å²) in [6, 6.07) is 5.52. The molecule has 0 spiro atoms. The normalized spacial score (nSPS) is 11.1. The Labute approximate surface area is 156 Å². The molecular formula is C16H22ClN5O2S. The molecule has 0 aliphatic carbocycles. The van der Waals surface area contributed by atoms with Gasteiger partial charge in [-0.3, -0.25) is 9.69 Å². The van der Waals surface area contributed by atoms with E-state index in [4.69, 9.17) is 34.3 Å². The number of carbonyl (C=O) groups is 1. The van der Waals surface area contributed by atoms with Crippen molar-refractivity contribution in [1.82, 2.24) is 19.2 Å². The van der Waals surface area contributed by atoms with E-state index >= 15 is 0 Å². The Kier molecular flexibility index (Phi) is 6.57. The van der Waals surface area contributed by atoms with E-state index < -0.39 is 0 Å². The minimum Gasteiger partial charge on any atom is -0.496 e. The van der Waals surface area contributed by atoms with Crippen molar-refractivity contribution in [3.63, 3.8) is 0 Å². The molecule has 2 N–H and O–H groups in total. The molecule has 0 saturated heterocycles. The van der Waals surface area contributed by atoms with E-state index in [2.05, 4.69) is 10.00 Å². The minimum absolute atomic E-state index is 0.245. The second-order valence-corrected chi connectivity index (χ2v) is 6.64. The Morgan fingerprint density at radius 3 is 2.84 bits per heavy atom. The van der Waals surface area contributed by atoms with Gasteiger partial charge in [-0.05, 0) is 37.5 Å². The standard InChI is InChI=1S/C16H22ClN5O2S/c1-20(9-11-8-12(17)4-5-13(11)24-3)10-22-16(25)21(2)15(19-22)7-6-14(18)23/h4-5,8H,6-7,9-10H2,1-3H3,(H2,18,23). The van der Waals surface area contributed by atoms with E-state index in [1.165, 1.54) is 0 Å². The van der Waals surface area contributed by atoms with Crippen LogP contribution in [0.4, 0.5) is 0 Å². The summed E-state index contributed by atoms with van der Waals surface area (Å²) in [5.41, 5.74) is 6.18. The summed E-state index contributed by atoms with van der Waals surface area (Å²) in [5.74, 6) is 1.16. The van der Waals surface area contributed by atoms with Gasteiger partial charge in [-0.2, -0.15) is 5.10 Å². The minimum atomic E-state index is -0.356. The molecule has 0 aliphatic rings. The number of amides is 1. The van der Waals surface area contributed by atoms with Crippen molar-refractivity contribution in [1.29, 1.82) is 0 Å². The molecule has 1 heterocycles. The van der Waals surface area contributed by atoms with Crippen LogP contribution < -0.4 is 10.5 Å². The third-order valence-corrected chi connectivity index (χ3v) is 4.50. The number of methoxy groups -OCH3 is 1. The monoisotopic (exact) mass is 383 g/mol. The molecule has 0 radical (unpaired) electrons. The van der Waals surface area contributed by atoms with E-state index in [0.717, 1.165) is 17.1 Å². The van der Waals surface area contributed by atoms with E-state index in [-0.39, 0.29) is 12.3 Å². The third kappa shape index (κ3) is 5.04. The lowest BCUT2D eigenvalue weighted by Gasteiger charge is -2.18. The molecule has 136 valence electrons. The lowest BCUT2D eigenvalue weighted by Crippen LogP contribution is -2.23. The lowest BCUT2D eigenvalue weighted by molar-refractivity contribution is -0.118. The second kappa shape index (κ2) is 8.46. The van der Waals surface area contributed by atoms with Crippen LogP contribution in [0.5, 0.6) is 5.75 Å². The first-order valence-corrected chi connectivity index (χ1v) is 8.52. The number of benzene rings is 1. The second-order valence-electron chi connectivity index (χ2n) is 5.84. The number of hydrogen-bond acceptors (Lipinski definition) is 5. The highest BCUT2D eigenvalue weighted by Gasteiger charge is 2.12. The number of rotatable bonds is 8. The summed E-state index contributed by atoms with van der Waals surface area (Å²) in [5, 5.41) is 5.15. The molecule has 0 atom stereocenters. The summed E-state index contributed by atoms with van der Waals surface area (Å²) in [4.78, 5) is 13.0. The van der Waals surface area contributed by atoms with Crippen LogP contribution in [0, 0.1) is 4.77 Å². The van der Waals surface area contributed by atoms with Gasteiger partial charge in [0.05, 0.1) is 13.8 Å². The van der Waals surface area contributed by atoms with Crippen LogP contribution in [0.3, 0.4) is 0 Å². The van der Waals surface area contributed by atoms with Crippen molar-refractivity contribution in [2.45, 2.75) is 26.1 Å². The van der Waals surface area contributed by atoms with Crippen molar-refractivity contribution < 1.29 is 9.53 Å². The van der Waals surface area contributed by atoms with E-state index in [9.17, 15) is 4.79 Å². The first-order valence-electron chi connectivity index (χ1n) is 7.73. The molecule has 2 rings (SSSR count). The van der Waals surface area contributed by atoms with Crippen LogP contribution >= 0.6 is 23.8 Å². The molecule has 1 aromatic carbocycles. The van der Waals surface area contributed by atoms with Gasteiger partial charge >= 0.3 is 0 Å². The van der Waals surface area contributed by atoms with Gasteiger partial charge in [-0.15, -0.1) is 0 Å². The molecule has 0 aliphatic heterocycles. The quantitative estimate of drug-likeness (QED) is 0.706. The third-order valence-electron chi connectivity index (χ3n) is 3.78. The highest BCUT2D eigenvalue weighted by molar-refractivity contribution is 7.71. The molecule has 2 aromatic rings. The summed E-state index contributed by atoms with van der Waals surface area (Å²) in [6.07, 6.45) is 0.712. The first kappa shape index (κ1) is 19.4. The topological polar surface area (TPSA) is 78.3 Å². The molecule has 1 aromatic heterocycles. The van der Waals surface area contributed by atoms with Gasteiger partial charge in [-0.25, -0.2) is 4.68 Å². The number of aromatic nitrogens is 3.